The van der Waals surface area contributed by atoms with E-state index in [1.54, 1.807) is 0 Å². The lowest BCUT2D eigenvalue weighted by Gasteiger charge is -2.27. The van der Waals surface area contributed by atoms with Gasteiger partial charge in [-0.25, -0.2) is 0 Å². The highest BCUT2D eigenvalue weighted by molar-refractivity contribution is 9.10. The molecule has 31 heavy (non-hydrogen) atoms. The molecule has 158 valence electrons. The molecule has 0 amide bonds. The summed E-state index contributed by atoms with van der Waals surface area (Å²) in [4.78, 5) is 2.20. The van der Waals surface area contributed by atoms with Gasteiger partial charge in [0, 0.05) is 23.1 Å². The lowest BCUT2D eigenvalue weighted by molar-refractivity contribution is 0.122. The van der Waals surface area contributed by atoms with Crippen LogP contribution in [0.25, 0.3) is 17.1 Å². The van der Waals surface area contributed by atoms with Crippen LogP contribution in [0.2, 0.25) is 0 Å². The van der Waals surface area contributed by atoms with Gasteiger partial charge in [-0.15, -0.1) is 20.4 Å². The monoisotopic (exact) mass is 498 g/mol. The Morgan fingerprint density at radius 1 is 0.935 bits per heavy atom. The second kappa shape index (κ2) is 9.21. The molecule has 2 aromatic carbocycles. The van der Waals surface area contributed by atoms with Gasteiger partial charge in [0.2, 0.25) is 17.7 Å². The van der Waals surface area contributed by atoms with E-state index in [4.69, 9.17) is 9.15 Å². The van der Waals surface area contributed by atoms with Crippen LogP contribution >= 0.6 is 27.7 Å². The maximum absolute atomic E-state index is 5.87. The molecule has 5 rings (SSSR count). The van der Waals surface area contributed by atoms with Gasteiger partial charge in [0.15, 0.2) is 5.16 Å². The highest BCUT2D eigenvalue weighted by atomic mass is 79.9. The topological polar surface area (TPSA) is 82.1 Å². The van der Waals surface area contributed by atoms with Crippen molar-refractivity contribution in [3.05, 3.63) is 65.0 Å². The first kappa shape index (κ1) is 20.2. The number of rotatable bonds is 6. The van der Waals surface area contributed by atoms with E-state index in [1.165, 1.54) is 11.8 Å². The molecule has 1 fully saturated rings. The molecule has 8 nitrogen and oxygen atoms in total. The molecule has 1 saturated heterocycles. The molecule has 0 N–H and O–H groups in total. The number of nitrogens with zero attached hydrogens (tertiary/aromatic N) is 6. The molecular weight excluding hydrogens is 480 g/mol. The second-order valence-corrected chi connectivity index (χ2v) is 8.71. The largest absolute Gasteiger partial charge is 0.420 e. The Morgan fingerprint density at radius 2 is 1.77 bits per heavy atom. The van der Waals surface area contributed by atoms with Gasteiger partial charge in [0.25, 0.3) is 0 Å². The first-order chi connectivity index (χ1) is 15.3. The normalized spacial score (nSPS) is 14.2. The fourth-order valence-electron chi connectivity index (χ4n) is 3.30. The molecule has 3 heterocycles. The number of hydrogen-bond acceptors (Lipinski definition) is 8. The zero-order chi connectivity index (χ0) is 21.0. The summed E-state index contributed by atoms with van der Waals surface area (Å²) in [6, 6.07) is 17.9. The molecule has 0 radical (unpaired) electrons. The number of anilines is 1. The Kier molecular flexibility index (Phi) is 6.01. The molecular formula is C21H19BrN6O2S. The molecule has 0 saturated carbocycles. The minimum absolute atomic E-state index is 0.495. The maximum atomic E-state index is 5.87. The maximum Gasteiger partial charge on any atom is 0.247 e. The molecule has 0 spiro atoms. The van der Waals surface area contributed by atoms with Crippen LogP contribution in [-0.2, 0) is 10.5 Å². The summed E-state index contributed by atoms with van der Waals surface area (Å²) in [7, 11) is 0. The zero-order valence-electron chi connectivity index (χ0n) is 16.5. The quantitative estimate of drug-likeness (QED) is 0.365. The summed E-state index contributed by atoms with van der Waals surface area (Å²) in [6.45, 7) is 2.94. The Bertz CT molecular complexity index is 1160. The minimum Gasteiger partial charge on any atom is -0.420 e. The van der Waals surface area contributed by atoms with Crippen molar-refractivity contribution in [3.63, 3.8) is 0 Å². The molecule has 0 unspecified atom stereocenters. The molecule has 10 heteroatoms. The van der Waals surface area contributed by atoms with Crippen LogP contribution in [0.5, 0.6) is 0 Å². The summed E-state index contributed by atoms with van der Waals surface area (Å²) in [6.07, 6.45) is 0. The van der Waals surface area contributed by atoms with Crippen LogP contribution in [0.15, 0.2) is 68.6 Å². The minimum atomic E-state index is 0.495. The second-order valence-electron chi connectivity index (χ2n) is 6.85. The molecule has 4 aromatic rings. The highest BCUT2D eigenvalue weighted by Crippen LogP contribution is 2.30. The predicted molar refractivity (Wildman–Crippen MR) is 121 cm³/mol. The third-order valence-electron chi connectivity index (χ3n) is 4.79. The molecule has 1 aliphatic heterocycles. The molecule has 1 aliphatic rings. The summed E-state index contributed by atoms with van der Waals surface area (Å²) in [5.74, 6) is 2.35. The van der Waals surface area contributed by atoms with E-state index < -0.39 is 0 Å². The van der Waals surface area contributed by atoms with Gasteiger partial charge in [0.05, 0.1) is 24.7 Å². The van der Waals surface area contributed by atoms with E-state index >= 15 is 0 Å². The lowest BCUT2D eigenvalue weighted by atomic mass is 10.2. The molecule has 0 atom stereocenters. The number of aromatic nitrogens is 5. The zero-order valence-corrected chi connectivity index (χ0v) is 18.9. The average Bonchev–Trinajstić information content (AvgIpc) is 3.46. The van der Waals surface area contributed by atoms with Gasteiger partial charge in [-0.1, -0.05) is 52.0 Å². The predicted octanol–water partition coefficient (Wildman–Crippen LogP) is 4.21. The highest BCUT2D eigenvalue weighted by Gasteiger charge is 2.22. The molecule has 2 aromatic heterocycles. The molecule has 0 aliphatic carbocycles. The van der Waals surface area contributed by atoms with Crippen molar-refractivity contribution in [2.24, 2.45) is 0 Å². The van der Waals surface area contributed by atoms with Crippen LogP contribution in [0.1, 0.15) is 5.89 Å². The van der Waals surface area contributed by atoms with Gasteiger partial charge in [-0.3, -0.25) is 4.57 Å². The smallest absolute Gasteiger partial charge is 0.247 e. The van der Waals surface area contributed by atoms with Gasteiger partial charge < -0.3 is 14.1 Å². The average molecular weight is 499 g/mol. The Labute approximate surface area is 191 Å². The van der Waals surface area contributed by atoms with E-state index in [2.05, 4.69) is 57.9 Å². The first-order valence-electron chi connectivity index (χ1n) is 9.82. The summed E-state index contributed by atoms with van der Waals surface area (Å²) in [5.41, 5.74) is 1.89. The summed E-state index contributed by atoms with van der Waals surface area (Å²) >= 11 is 4.99. The van der Waals surface area contributed by atoms with Gasteiger partial charge in [0.1, 0.15) is 0 Å². The number of thioether (sulfide) groups is 1. The third-order valence-corrected chi connectivity index (χ3v) is 6.19. The van der Waals surface area contributed by atoms with Crippen molar-refractivity contribution in [1.29, 1.82) is 0 Å². The van der Waals surface area contributed by atoms with E-state index in [9.17, 15) is 0 Å². The Morgan fingerprint density at radius 3 is 2.58 bits per heavy atom. The number of para-hydroxylation sites is 1. The fourth-order valence-corrected chi connectivity index (χ4v) is 4.49. The standard InChI is InChI=1S/C21H19BrN6O2S/c22-16-6-4-5-15(13-16)19-24-23-18(30-19)14-31-21-26-25-20(27-9-11-29-12-10-27)28(21)17-7-2-1-3-8-17/h1-8,13H,9-12,14H2. The number of halogens is 1. The van der Waals surface area contributed by atoms with Gasteiger partial charge in [-0.05, 0) is 30.3 Å². The summed E-state index contributed by atoms with van der Waals surface area (Å²) in [5, 5.41) is 18.1. The van der Waals surface area contributed by atoms with Crippen molar-refractivity contribution < 1.29 is 9.15 Å². The first-order valence-corrected chi connectivity index (χ1v) is 11.6. The SMILES string of the molecule is Brc1cccc(-c2nnc(CSc3nnc(N4CCOCC4)n3-c3ccccc3)o2)c1. The van der Waals surface area contributed by atoms with Crippen LogP contribution in [0.4, 0.5) is 5.95 Å². The number of morpholine rings is 1. The van der Waals surface area contributed by atoms with Gasteiger partial charge in [-0.2, -0.15) is 0 Å². The molecule has 0 bridgehead atoms. The van der Waals surface area contributed by atoms with Crippen molar-refractivity contribution in [3.8, 4) is 17.1 Å². The van der Waals surface area contributed by atoms with Gasteiger partial charge >= 0.3 is 0 Å². The van der Waals surface area contributed by atoms with Crippen molar-refractivity contribution >= 4 is 33.6 Å². The van der Waals surface area contributed by atoms with Crippen LogP contribution in [-0.4, -0.2) is 51.3 Å². The van der Waals surface area contributed by atoms with E-state index in [-0.39, 0.29) is 0 Å². The van der Waals surface area contributed by atoms with Crippen LogP contribution in [0, 0.1) is 0 Å². The lowest BCUT2D eigenvalue weighted by Crippen LogP contribution is -2.37. The summed E-state index contributed by atoms with van der Waals surface area (Å²) < 4.78 is 14.4. The van der Waals surface area contributed by atoms with Crippen LogP contribution in [0.3, 0.4) is 0 Å². The van der Waals surface area contributed by atoms with Crippen molar-refractivity contribution in [2.75, 3.05) is 31.2 Å². The third kappa shape index (κ3) is 4.51. The number of hydrogen-bond donors (Lipinski definition) is 0. The van der Waals surface area contributed by atoms with E-state index in [1.807, 2.05) is 42.5 Å². The van der Waals surface area contributed by atoms with Crippen molar-refractivity contribution in [1.82, 2.24) is 25.0 Å². The van der Waals surface area contributed by atoms with Crippen molar-refractivity contribution in [2.45, 2.75) is 10.9 Å². The van der Waals surface area contributed by atoms with Crippen LogP contribution < -0.4 is 4.90 Å². The number of benzene rings is 2. The Hall–Kier alpha value is -2.69. The van der Waals surface area contributed by atoms with E-state index in [0.29, 0.717) is 30.7 Å². The van der Waals surface area contributed by atoms with E-state index in [0.717, 1.165) is 39.9 Å². The number of ether oxygens (including phenoxy) is 1. The Balaban J connectivity index is 1.39. The fraction of sp³-hybridized carbons (Fsp3) is 0.238.